The van der Waals surface area contributed by atoms with E-state index in [1.807, 2.05) is 43.3 Å². The predicted octanol–water partition coefficient (Wildman–Crippen LogP) is 3.69. The molecular formula is C24H30N6OS. The Bertz CT molecular complexity index is 1090. The van der Waals surface area contributed by atoms with Gasteiger partial charge in [-0.2, -0.15) is 5.10 Å². The Morgan fingerprint density at radius 1 is 1.03 bits per heavy atom. The number of nitrogens with zero attached hydrogens (tertiary/aromatic N) is 4. The number of carbonyl (C=O) groups is 1. The van der Waals surface area contributed by atoms with Crippen molar-refractivity contribution in [3.63, 3.8) is 0 Å². The van der Waals surface area contributed by atoms with Gasteiger partial charge in [0, 0.05) is 44.0 Å². The number of piperazine rings is 1. The van der Waals surface area contributed by atoms with Gasteiger partial charge in [-0.25, -0.2) is 0 Å². The number of aryl methyl sites for hydroxylation is 1. The van der Waals surface area contributed by atoms with Crippen molar-refractivity contribution in [2.24, 2.45) is 0 Å². The van der Waals surface area contributed by atoms with Gasteiger partial charge in [0.15, 0.2) is 10.6 Å². The van der Waals surface area contributed by atoms with E-state index in [1.54, 1.807) is 4.57 Å². The van der Waals surface area contributed by atoms with E-state index < -0.39 is 0 Å². The van der Waals surface area contributed by atoms with E-state index in [0.29, 0.717) is 10.6 Å². The number of amides is 1. The van der Waals surface area contributed by atoms with Gasteiger partial charge in [-0.15, -0.1) is 0 Å². The van der Waals surface area contributed by atoms with E-state index in [4.69, 9.17) is 12.2 Å². The third kappa shape index (κ3) is 5.51. The molecule has 2 heterocycles. The molecule has 1 amide bonds. The second kappa shape index (κ2) is 10.2. The predicted molar refractivity (Wildman–Crippen MR) is 130 cm³/mol. The van der Waals surface area contributed by atoms with Crippen LogP contribution >= 0.6 is 12.2 Å². The average Bonchev–Trinajstić information content (AvgIpc) is 3.16. The van der Waals surface area contributed by atoms with E-state index in [0.717, 1.165) is 50.5 Å². The molecule has 0 bridgehead atoms. The molecular weight excluding hydrogens is 420 g/mol. The first kappa shape index (κ1) is 22.4. The highest BCUT2D eigenvalue weighted by molar-refractivity contribution is 7.71. The Kier molecular flexibility index (Phi) is 7.14. The number of nitrogens with one attached hydrogen (secondary N) is 2. The van der Waals surface area contributed by atoms with Gasteiger partial charge in [0.2, 0.25) is 5.91 Å². The van der Waals surface area contributed by atoms with Crippen molar-refractivity contribution in [3.05, 3.63) is 64.4 Å². The molecule has 1 fully saturated rings. The molecule has 1 aliphatic rings. The number of hydrogen-bond donors (Lipinski definition) is 2. The monoisotopic (exact) mass is 450 g/mol. The fraction of sp³-hybridized carbons (Fsp3) is 0.375. The highest BCUT2D eigenvalue weighted by atomic mass is 32.1. The topological polar surface area (TPSA) is 69.2 Å². The SMILES string of the molecule is CCN1CCN(Cc2ccc(NC(=O)Cn3c(-c4ccc(C)cc4)n[nH]c3=S)cc2)CC1. The molecule has 2 N–H and O–H groups in total. The maximum atomic E-state index is 12.7. The van der Waals surface area contributed by atoms with Gasteiger partial charge in [0.25, 0.3) is 0 Å². The highest BCUT2D eigenvalue weighted by Crippen LogP contribution is 2.18. The lowest BCUT2D eigenvalue weighted by molar-refractivity contribution is -0.116. The molecule has 1 aromatic heterocycles. The molecule has 0 spiro atoms. The molecule has 8 heteroatoms. The number of H-pyrrole nitrogens is 1. The number of benzene rings is 2. The molecule has 2 aromatic carbocycles. The second-order valence-corrected chi connectivity index (χ2v) is 8.65. The zero-order chi connectivity index (χ0) is 22.5. The van der Waals surface area contributed by atoms with Crippen molar-refractivity contribution in [2.75, 3.05) is 38.0 Å². The molecule has 0 saturated carbocycles. The van der Waals surface area contributed by atoms with Crippen LogP contribution in [0, 0.1) is 11.7 Å². The van der Waals surface area contributed by atoms with Gasteiger partial charge in [0.1, 0.15) is 6.54 Å². The van der Waals surface area contributed by atoms with Gasteiger partial charge >= 0.3 is 0 Å². The standard InChI is InChI=1S/C24H30N6OS/c1-3-28-12-14-29(15-13-28)16-19-6-10-21(11-7-19)25-22(31)17-30-23(26-27-24(30)32)20-8-4-18(2)5-9-20/h4-11H,3,12-17H2,1-2H3,(H,25,31)(H,27,32). The van der Waals surface area contributed by atoms with Crippen LogP contribution in [0.5, 0.6) is 0 Å². The largest absolute Gasteiger partial charge is 0.325 e. The van der Waals surface area contributed by atoms with E-state index >= 15 is 0 Å². The third-order valence-electron chi connectivity index (χ3n) is 5.93. The molecule has 32 heavy (non-hydrogen) atoms. The van der Waals surface area contributed by atoms with Crippen LogP contribution in [0.4, 0.5) is 5.69 Å². The molecule has 7 nitrogen and oxygen atoms in total. The summed E-state index contributed by atoms with van der Waals surface area (Å²) in [6.07, 6.45) is 0. The fourth-order valence-electron chi connectivity index (χ4n) is 3.95. The number of aromatic nitrogens is 3. The van der Waals surface area contributed by atoms with Gasteiger partial charge in [0.05, 0.1) is 0 Å². The molecule has 0 aliphatic carbocycles. The minimum absolute atomic E-state index is 0.0992. The van der Waals surface area contributed by atoms with E-state index in [2.05, 4.69) is 44.4 Å². The molecule has 0 atom stereocenters. The quantitative estimate of drug-likeness (QED) is 0.538. The van der Waals surface area contributed by atoms with Crippen LogP contribution in [0.25, 0.3) is 11.4 Å². The number of carbonyl (C=O) groups excluding carboxylic acids is 1. The van der Waals surface area contributed by atoms with E-state index in [-0.39, 0.29) is 12.5 Å². The first-order valence-electron chi connectivity index (χ1n) is 11.1. The second-order valence-electron chi connectivity index (χ2n) is 8.26. The lowest BCUT2D eigenvalue weighted by Gasteiger charge is -2.34. The van der Waals surface area contributed by atoms with Crippen LogP contribution in [0.3, 0.4) is 0 Å². The van der Waals surface area contributed by atoms with Gasteiger partial charge in [-0.1, -0.05) is 48.9 Å². The van der Waals surface area contributed by atoms with Crippen LogP contribution in [-0.2, 0) is 17.9 Å². The average molecular weight is 451 g/mol. The van der Waals surface area contributed by atoms with Crippen LogP contribution in [0.2, 0.25) is 0 Å². The maximum Gasteiger partial charge on any atom is 0.244 e. The fourth-order valence-corrected chi connectivity index (χ4v) is 4.14. The van der Waals surface area contributed by atoms with Crippen LogP contribution < -0.4 is 5.32 Å². The van der Waals surface area contributed by atoms with Crippen molar-refractivity contribution in [1.29, 1.82) is 0 Å². The molecule has 1 saturated heterocycles. The summed E-state index contributed by atoms with van der Waals surface area (Å²) in [7, 11) is 0. The Balaban J connectivity index is 1.35. The third-order valence-corrected chi connectivity index (χ3v) is 6.24. The lowest BCUT2D eigenvalue weighted by Crippen LogP contribution is -2.45. The molecule has 168 valence electrons. The highest BCUT2D eigenvalue weighted by Gasteiger charge is 2.16. The summed E-state index contributed by atoms with van der Waals surface area (Å²) in [5.41, 5.74) is 4.12. The summed E-state index contributed by atoms with van der Waals surface area (Å²) in [5.74, 6) is 0.517. The van der Waals surface area contributed by atoms with Crippen molar-refractivity contribution in [3.8, 4) is 11.4 Å². The first-order chi connectivity index (χ1) is 15.5. The van der Waals surface area contributed by atoms with Gasteiger partial charge in [-0.05, 0) is 43.4 Å². The lowest BCUT2D eigenvalue weighted by atomic mass is 10.1. The summed E-state index contributed by atoms with van der Waals surface area (Å²) in [4.78, 5) is 17.7. The van der Waals surface area contributed by atoms with E-state index in [9.17, 15) is 4.79 Å². The molecule has 4 rings (SSSR count). The summed E-state index contributed by atoms with van der Waals surface area (Å²) in [6.45, 7) is 10.9. The van der Waals surface area contributed by atoms with Crippen LogP contribution in [0.1, 0.15) is 18.1 Å². The Labute approximate surface area is 194 Å². The van der Waals surface area contributed by atoms with Crippen LogP contribution in [0.15, 0.2) is 48.5 Å². The number of anilines is 1. The Hall–Kier alpha value is -2.81. The molecule has 0 unspecified atom stereocenters. The van der Waals surface area contributed by atoms with Gasteiger partial charge in [-0.3, -0.25) is 19.4 Å². The van der Waals surface area contributed by atoms with Crippen molar-refractivity contribution in [1.82, 2.24) is 24.6 Å². The Morgan fingerprint density at radius 2 is 1.69 bits per heavy atom. The van der Waals surface area contributed by atoms with E-state index in [1.165, 1.54) is 11.1 Å². The number of hydrogen-bond acceptors (Lipinski definition) is 5. The van der Waals surface area contributed by atoms with Crippen LogP contribution in [-0.4, -0.2) is 63.2 Å². The normalized spacial score (nSPS) is 15.1. The molecule has 0 radical (unpaired) electrons. The van der Waals surface area contributed by atoms with Crippen molar-refractivity contribution >= 4 is 23.8 Å². The number of likely N-dealkylation sites (N-methyl/N-ethyl adjacent to an activating group) is 1. The zero-order valence-electron chi connectivity index (χ0n) is 18.7. The molecule has 1 aliphatic heterocycles. The van der Waals surface area contributed by atoms with Crippen molar-refractivity contribution < 1.29 is 4.79 Å². The number of rotatable bonds is 7. The zero-order valence-corrected chi connectivity index (χ0v) is 19.5. The van der Waals surface area contributed by atoms with Gasteiger partial charge < -0.3 is 10.2 Å². The smallest absolute Gasteiger partial charge is 0.244 e. The van der Waals surface area contributed by atoms with Crippen molar-refractivity contribution in [2.45, 2.75) is 26.9 Å². The summed E-state index contributed by atoms with van der Waals surface area (Å²) < 4.78 is 2.15. The maximum absolute atomic E-state index is 12.7. The Morgan fingerprint density at radius 3 is 2.34 bits per heavy atom. The minimum Gasteiger partial charge on any atom is -0.325 e. The first-order valence-corrected chi connectivity index (χ1v) is 11.5. The summed E-state index contributed by atoms with van der Waals surface area (Å²) in [6, 6.07) is 16.1. The number of aromatic amines is 1. The summed E-state index contributed by atoms with van der Waals surface area (Å²) in [5, 5.41) is 10.1. The minimum atomic E-state index is -0.140. The molecule has 3 aromatic rings. The summed E-state index contributed by atoms with van der Waals surface area (Å²) >= 11 is 5.35.